The first-order chi connectivity index (χ1) is 16.9. The Balaban J connectivity index is 1.55. The number of rotatable bonds is 6. The van der Waals surface area contributed by atoms with Crippen molar-refractivity contribution >= 4 is 28.4 Å². The summed E-state index contributed by atoms with van der Waals surface area (Å²) in [5.74, 6) is 0.268. The number of nitrogens with zero attached hydrogens (tertiary/aromatic N) is 5. The third kappa shape index (κ3) is 4.48. The maximum absolute atomic E-state index is 13.6. The molecule has 0 spiro atoms. The van der Waals surface area contributed by atoms with Gasteiger partial charge in [0.2, 0.25) is 5.91 Å². The standard InChI is InChI=1S/C26H23ClN6O2/c1-17-6-5-7-19(14-17)15-28-22(34)16-32-26(35)23-24(18(2)29-32)30-33(21-10-8-20(27)9-11-21)25(23)31-12-3-4-13-31/h3-14H,15-16H2,1-2H3,(H,28,34). The van der Waals surface area contributed by atoms with E-state index in [1.807, 2.05) is 72.4 Å². The van der Waals surface area contributed by atoms with Crippen LogP contribution in [0.3, 0.4) is 0 Å². The lowest BCUT2D eigenvalue weighted by Crippen LogP contribution is -2.34. The SMILES string of the molecule is Cc1cccc(CNC(=O)Cn2nc(C)c3nn(-c4ccc(Cl)cc4)c(-n4cccc4)c3c2=O)c1. The van der Waals surface area contributed by atoms with Gasteiger partial charge < -0.3 is 9.88 Å². The van der Waals surface area contributed by atoms with Crippen LogP contribution in [0.2, 0.25) is 5.02 Å². The molecule has 0 atom stereocenters. The molecule has 5 aromatic rings. The second kappa shape index (κ2) is 9.23. The van der Waals surface area contributed by atoms with E-state index >= 15 is 0 Å². The Morgan fingerprint density at radius 2 is 1.74 bits per heavy atom. The maximum atomic E-state index is 13.6. The number of fused-ring (bicyclic) bond motifs is 1. The van der Waals surface area contributed by atoms with Gasteiger partial charge in [0.25, 0.3) is 5.56 Å². The van der Waals surface area contributed by atoms with Crippen molar-refractivity contribution in [1.29, 1.82) is 0 Å². The van der Waals surface area contributed by atoms with Gasteiger partial charge in [-0.25, -0.2) is 9.36 Å². The molecule has 8 nitrogen and oxygen atoms in total. The quantitative estimate of drug-likeness (QED) is 0.393. The summed E-state index contributed by atoms with van der Waals surface area (Å²) >= 11 is 6.07. The molecular weight excluding hydrogens is 464 g/mol. The van der Waals surface area contributed by atoms with Gasteiger partial charge in [-0.05, 0) is 55.8 Å². The van der Waals surface area contributed by atoms with Gasteiger partial charge in [0.15, 0.2) is 5.82 Å². The van der Waals surface area contributed by atoms with Crippen molar-refractivity contribution in [3.05, 3.63) is 105 Å². The number of aryl methyl sites for hydroxylation is 2. The van der Waals surface area contributed by atoms with E-state index in [1.54, 1.807) is 23.7 Å². The van der Waals surface area contributed by atoms with Crippen LogP contribution in [0, 0.1) is 13.8 Å². The van der Waals surface area contributed by atoms with E-state index < -0.39 is 0 Å². The van der Waals surface area contributed by atoms with Gasteiger partial charge in [0.05, 0.1) is 11.4 Å². The van der Waals surface area contributed by atoms with Crippen molar-refractivity contribution < 1.29 is 4.79 Å². The zero-order chi connectivity index (χ0) is 24.5. The maximum Gasteiger partial charge on any atom is 0.280 e. The highest BCUT2D eigenvalue weighted by Gasteiger charge is 2.22. The first-order valence-electron chi connectivity index (χ1n) is 11.1. The number of hydrogen-bond donors (Lipinski definition) is 1. The summed E-state index contributed by atoms with van der Waals surface area (Å²) < 4.78 is 4.72. The van der Waals surface area contributed by atoms with Crippen molar-refractivity contribution in [3.8, 4) is 11.5 Å². The summed E-state index contributed by atoms with van der Waals surface area (Å²) in [6, 6.07) is 18.9. The minimum absolute atomic E-state index is 0.196. The zero-order valence-corrected chi connectivity index (χ0v) is 20.0. The molecule has 35 heavy (non-hydrogen) atoms. The predicted octanol–water partition coefficient (Wildman–Crippen LogP) is 3.96. The molecule has 3 aromatic heterocycles. The predicted molar refractivity (Wildman–Crippen MR) is 135 cm³/mol. The van der Waals surface area contributed by atoms with Crippen molar-refractivity contribution in [2.45, 2.75) is 26.9 Å². The highest BCUT2D eigenvalue weighted by Crippen LogP contribution is 2.25. The van der Waals surface area contributed by atoms with Crippen LogP contribution in [0.4, 0.5) is 0 Å². The van der Waals surface area contributed by atoms with E-state index in [4.69, 9.17) is 16.7 Å². The molecule has 9 heteroatoms. The molecule has 3 heterocycles. The van der Waals surface area contributed by atoms with E-state index in [0.717, 1.165) is 16.8 Å². The Bertz CT molecular complexity index is 1580. The Labute approximate surface area is 206 Å². The Kier molecular flexibility index (Phi) is 5.96. The van der Waals surface area contributed by atoms with Gasteiger partial charge in [0, 0.05) is 24.0 Å². The molecule has 1 N–H and O–H groups in total. The van der Waals surface area contributed by atoms with Crippen LogP contribution in [-0.4, -0.2) is 30.0 Å². The molecule has 0 saturated heterocycles. The summed E-state index contributed by atoms with van der Waals surface area (Å²) in [6.45, 7) is 3.96. The summed E-state index contributed by atoms with van der Waals surface area (Å²) in [4.78, 5) is 26.3. The van der Waals surface area contributed by atoms with E-state index in [9.17, 15) is 9.59 Å². The number of benzene rings is 2. The fraction of sp³-hybridized carbons (Fsp3) is 0.154. The average molecular weight is 487 g/mol. The lowest BCUT2D eigenvalue weighted by molar-refractivity contribution is -0.122. The highest BCUT2D eigenvalue weighted by atomic mass is 35.5. The van der Waals surface area contributed by atoms with Gasteiger partial charge in [-0.15, -0.1) is 0 Å². The molecule has 1 amide bonds. The number of hydrogen-bond acceptors (Lipinski definition) is 4. The van der Waals surface area contributed by atoms with Gasteiger partial charge in [0.1, 0.15) is 17.4 Å². The summed E-state index contributed by atoms with van der Waals surface area (Å²) in [6.07, 6.45) is 3.69. The van der Waals surface area contributed by atoms with Crippen LogP contribution in [-0.2, 0) is 17.9 Å². The molecule has 176 valence electrons. The number of amides is 1. The highest BCUT2D eigenvalue weighted by molar-refractivity contribution is 6.30. The minimum Gasteiger partial charge on any atom is -0.350 e. The Morgan fingerprint density at radius 1 is 1.00 bits per heavy atom. The monoisotopic (exact) mass is 486 g/mol. The van der Waals surface area contributed by atoms with E-state index in [2.05, 4.69) is 10.4 Å². The molecule has 2 aromatic carbocycles. The van der Waals surface area contributed by atoms with Gasteiger partial charge in [-0.2, -0.15) is 10.2 Å². The number of aromatic nitrogens is 5. The number of nitrogens with one attached hydrogen (secondary N) is 1. The Hall–Kier alpha value is -4.17. The largest absolute Gasteiger partial charge is 0.350 e. The molecule has 0 unspecified atom stereocenters. The van der Waals surface area contributed by atoms with Crippen molar-refractivity contribution in [2.24, 2.45) is 0 Å². The van der Waals surface area contributed by atoms with Crippen LogP contribution in [0.5, 0.6) is 0 Å². The molecule has 0 fully saturated rings. The van der Waals surface area contributed by atoms with Gasteiger partial charge in [-0.3, -0.25) is 9.59 Å². The fourth-order valence-corrected chi connectivity index (χ4v) is 4.19. The van der Waals surface area contributed by atoms with Gasteiger partial charge in [-0.1, -0.05) is 41.4 Å². The first kappa shape index (κ1) is 22.6. The van der Waals surface area contributed by atoms with Crippen LogP contribution < -0.4 is 10.9 Å². The molecular formula is C26H23ClN6O2. The molecule has 5 rings (SSSR count). The smallest absolute Gasteiger partial charge is 0.280 e. The number of halogens is 1. The van der Waals surface area contributed by atoms with E-state index in [-0.39, 0.29) is 18.0 Å². The third-order valence-corrected chi connectivity index (χ3v) is 5.96. The average Bonchev–Trinajstić information content (AvgIpc) is 3.50. The molecule has 0 saturated carbocycles. The molecule has 0 aliphatic carbocycles. The Morgan fingerprint density at radius 3 is 2.46 bits per heavy atom. The molecule has 0 bridgehead atoms. The minimum atomic E-state index is -0.389. The lowest BCUT2D eigenvalue weighted by atomic mass is 10.1. The topological polar surface area (TPSA) is 86.7 Å². The second-order valence-corrected chi connectivity index (χ2v) is 8.78. The number of carbonyl (C=O) groups is 1. The van der Waals surface area contributed by atoms with Crippen LogP contribution in [0.1, 0.15) is 16.8 Å². The number of carbonyl (C=O) groups excluding carboxylic acids is 1. The molecule has 0 radical (unpaired) electrons. The van der Waals surface area contributed by atoms with E-state index in [1.165, 1.54) is 4.68 Å². The second-order valence-electron chi connectivity index (χ2n) is 8.34. The van der Waals surface area contributed by atoms with Crippen molar-refractivity contribution in [1.82, 2.24) is 29.4 Å². The molecule has 0 aliphatic heterocycles. The molecule has 0 aliphatic rings. The van der Waals surface area contributed by atoms with Gasteiger partial charge >= 0.3 is 0 Å². The normalized spacial score (nSPS) is 11.2. The fourth-order valence-electron chi connectivity index (χ4n) is 4.06. The van der Waals surface area contributed by atoms with Crippen molar-refractivity contribution in [3.63, 3.8) is 0 Å². The zero-order valence-electron chi connectivity index (χ0n) is 19.3. The lowest BCUT2D eigenvalue weighted by Gasteiger charge is -2.10. The van der Waals surface area contributed by atoms with Crippen molar-refractivity contribution in [2.75, 3.05) is 0 Å². The van der Waals surface area contributed by atoms with E-state index in [0.29, 0.717) is 34.0 Å². The third-order valence-electron chi connectivity index (χ3n) is 5.71. The first-order valence-corrected chi connectivity index (χ1v) is 11.5. The van der Waals surface area contributed by atoms with Crippen LogP contribution >= 0.6 is 11.6 Å². The summed E-state index contributed by atoms with van der Waals surface area (Å²) in [5.41, 5.74) is 3.49. The van der Waals surface area contributed by atoms with Crippen LogP contribution in [0.25, 0.3) is 22.4 Å². The summed E-state index contributed by atoms with van der Waals surface area (Å²) in [5, 5.41) is 13.0. The van der Waals surface area contributed by atoms with Crippen LogP contribution in [0.15, 0.2) is 77.9 Å². The summed E-state index contributed by atoms with van der Waals surface area (Å²) in [7, 11) is 0.